The molecule has 0 atom stereocenters. The van der Waals surface area contributed by atoms with Crippen LogP contribution in [-0.4, -0.2) is 28.1 Å². The van der Waals surface area contributed by atoms with Crippen LogP contribution in [0.1, 0.15) is 11.1 Å². The Labute approximate surface area is 228 Å². The van der Waals surface area contributed by atoms with Gasteiger partial charge in [-0.1, -0.05) is 98.6 Å². The number of aromatic nitrogens is 2. The van der Waals surface area contributed by atoms with Gasteiger partial charge >= 0.3 is 0 Å². The van der Waals surface area contributed by atoms with E-state index < -0.39 is 0 Å². The van der Waals surface area contributed by atoms with E-state index in [0.29, 0.717) is 25.7 Å². The van der Waals surface area contributed by atoms with Crippen molar-refractivity contribution in [1.29, 1.82) is 0 Å². The molecule has 0 aliphatic heterocycles. The van der Waals surface area contributed by atoms with E-state index >= 15 is 0 Å². The molecule has 1 N–H and O–H groups in total. The molecule has 1 heterocycles. The number of rotatable bonds is 9. The van der Waals surface area contributed by atoms with Crippen LogP contribution in [0.2, 0.25) is 10.0 Å². The van der Waals surface area contributed by atoms with Crippen LogP contribution < -0.4 is 10.2 Å². The van der Waals surface area contributed by atoms with E-state index in [4.69, 9.17) is 27.9 Å². The van der Waals surface area contributed by atoms with Gasteiger partial charge in [-0.2, -0.15) is 5.10 Å². The minimum absolute atomic E-state index is 0.164. The highest BCUT2D eigenvalue weighted by Gasteiger charge is 2.10. The van der Waals surface area contributed by atoms with Gasteiger partial charge < -0.3 is 4.74 Å². The average Bonchev–Trinajstić information content (AvgIpc) is 3.33. The number of amides is 1. The van der Waals surface area contributed by atoms with Crippen LogP contribution in [0.25, 0.3) is 10.6 Å². The van der Waals surface area contributed by atoms with Gasteiger partial charge in [0, 0.05) is 31.2 Å². The SMILES string of the molecule is O=C(CSc1nnc(-c2ccccc2)s1)NN=Cc1cc(Br)ccc1OCc1ccc(Cl)cc1Cl. The first kappa shape index (κ1) is 25.7. The standard InChI is InChI=1S/C24H17BrCl2N4O2S2/c25-18-7-9-21(33-13-16-6-8-19(26)11-20(16)27)17(10-18)12-28-29-22(32)14-34-24-31-30-23(35-24)15-4-2-1-3-5-15/h1-12H,13-14H2,(H,29,32). The summed E-state index contributed by atoms with van der Waals surface area (Å²) in [5, 5.41) is 14.3. The third-order valence-corrected chi connectivity index (χ3v) is 7.70. The van der Waals surface area contributed by atoms with Crippen LogP contribution in [-0.2, 0) is 11.4 Å². The fourth-order valence-electron chi connectivity index (χ4n) is 2.84. The quantitative estimate of drug-likeness (QED) is 0.125. The van der Waals surface area contributed by atoms with Crippen molar-refractivity contribution in [3.63, 3.8) is 0 Å². The molecule has 0 bridgehead atoms. The minimum Gasteiger partial charge on any atom is -0.488 e. The Morgan fingerprint density at radius 3 is 2.74 bits per heavy atom. The molecular formula is C24H17BrCl2N4O2S2. The summed E-state index contributed by atoms with van der Waals surface area (Å²) in [7, 11) is 0. The van der Waals surface area contributed by atoms with Crippen molar-refractivity contribution in [2.24, 2.45) is 5.10 Å². The number of carbonyl (C=O) groups is 1. The van der Waals surface area contributed by atoms with E-state index in [0.717, 1.165) is 20.6 Å². The normalized spacial score (nSPS) is 11.1. The first-order chi connectivity index (χ1) is 17.0. The number of carbonyl (C=O) groups excluding carboxylic acids is 1. The number of ether oxygens (including phenoxy) is 1. The van der Waals surface area contributed by atoms with Crippen molar-refractivity contribution in [3.05, 3.63) is 92.4 Å². The van der Waals surface area contributed by atoms with Gasteiger partial charge in [0.05, 0.1) is 12.0 Å². The van der Waals surface area contributed by atoms with E-state index in [1.165, 1.54) is 29.3 Å². The highest BCUT2D eigenvalue weighted by Crippen LogP contribution is 2.29. The van der Waals surface area contributed by atoms with Crippen LogP contribution >= 0.6 is 62.2 Å². The third kappa shape index (κ3) is 7.52. The Bertz CT molecular complexity index is 1350. The topological polar surface area (TPSA) is 76.5 Å². The Morgan fingerprint density at radius 1 is 1.11 bits per heavy atom. The van der Waals surface area contributed by atoms with Gasteiger partial charge in [0.15, 0.2) is 4.34 Å². The molecule has 1 aromatic heterocycles. The van der Waals surface area contributed by atoms with Gasteiger partial charge in [0.2, 0.25) is 0 Å². The Morgan fingerprint density at radius 2 is 1.94 bits per heavy atom. The lowest BCUT2D eigenvalue weighted by Gasteiger charge is -2.11. The highest BCUT2D eigenvalue weighted by atomic mass is 79.9. The molecule has 0 aliphatic rings. The summed E-state index contributed by atoms with van der Waals surface area (Å²) >= 11 is 18.4. The fourth-order valence-corrected chi connectivity index (χ4v) is 5.34. The maximum atomic E-state index is 12.3. The van der Waals surface area contributed by atoms with Gasteiger partial charge in [-0.25, -0.2) is 5.43 Å². The molecule has 0 spiro atoms. The molecule has 4 aromatic rings. The van der Waals surface area contributed by atoms with Gasteiger partial charge in [-0.3, -0.25) is 4.79 Å². The van der Waals surface area contributed by atoms with E-state index in [1.807, 2.05) is 54.6 Å². The van der Waals surface area contributed by atoms with Crippen LogP contribution in [0.4, 0.5) is 0 Å². The molecule has 3 aromatic carbocycles. The van der Waals surface area contributed by atoms with Gasteiger partial charge in [0.1, 0.15) is 17.4 Å². The zero-order valence-electron chi connectivity index (χ0n) is 18.0. The molecule has 4 rings (SSSR count). The van der Waals surface area contributed by atoms with E-state index in [2.05, 4.69) is 36.7 Å². The monoisotopic (exact) mass is 606 g/mol. The van der Waals surface area contributed by atoms with Crippen molar-refractivity contribution in [1.82, 2.24) is 15.6 Å². The number of nitrogens with zero attached hydrogens (tertiary/aromatic N) is 3. The van der Waals surface area contributed by atoms with Crippen molar-refractivity contribution in [2.75, 3.05) is 5.75 Å². The largest absolute Gasteiger partial charge is 0.488 e. The van der Waals surface area contributed by atoms with Gasteiger partial charge in [0.25, 0.3) is 5.91 Å². The molecule has 35 heavy (non-hydrogen) atoms. The maximum absolute atomic E-state index is 12.3. The molecule has 0 unspecified atom stereocenters. The van der Waals surface area contributed by atoms with Crippen LogP contribution in [0.3, 0.4) is 0 Å². The van der Waals surface area contributed by atoms with Crippen molar-refractivity contribution < 1.29 is 9.53 Å². The first-order valence-electron chi connectivity index (χ1n) is 10.2. The number of hydrazone groups is 1. The number of benzene rings is 3. The maximum Gasteiger partial charge on any atom is 0.250 e. The van der Waals surface area contributed by atoms with E-state index in [1.54, 1.807) is 12.1 Å². The van der Waals surface area contributed by atoms with Crippen molar-refractivity contribution in [3.8, 4) is 16.3 Å². The number of hydrogen-bond donors (Lipinski definition) is 1. The van der Waals surface area contributed by atoms with Crippen LogP contribution in [0, 0.1) is 0 Å². The second-order valence-corrected chi connectivity index (χ2v) is 11.0. The number of thioether (sulfide) groups is 1. The lowest BCUT2D eigenvalue weighted by molar-refractivity contribution is -0.118. The zero-order valence-corrected chi connectivity index (χ0v) is 22.7. The number of hydrogen-bond acceptors (Lipinski definition) is 7. The third-order valence-electron chi connectivity index (χ3n) is 4.52. The molecule has 0 radical (unpaired) electrons. The summed E-state index contributed by atoms with van der Waals surface area (Å²) in [6.45, 7) is 0.258. The molecule has 0 saturated carbocycles. The summed E-state index contributed by atoms with van der Waals surface area (Å²) < 4.78 is 7.49. The van der Waals surface area contributed by atoms with Gasteiger partial charge in [-0.15, -0.1) is 10.2 Å². The Hall–Kier alpha value is -2.43. The lowest BCUT2D eigenvalue weighted by atomic mass is 10.2. The van der Waals surface area contributed by atoms with E-state index in [9.17, 15) is 4.79 Å². The second-order valence-electron chi connectivity index (χ2n) is 7.03. The van der Waals surface area contributed by atoms with Gasteiger partial charge in [-0.05, 0) is 30.3 Å². The zero-order chi connectivity index (χ0) is 24.6. The average molecular weight is 608 g/mol. The molecule has 178 valence electrons. The highest BCUT2D eigenvalue weighted by molar-refractivity contribution is 9.10. The first-order valence-corrected chi connectivity index (χ1v) is 13.5. The van der Waals surface area contributed by atoms with Crippen LogP contribution in [0.5, 0.6) is 5.75 Å². The predicted molar refractivity (Wildman–Crippen MR) is 147 cm³/mol. The summed E-state index contributed by atoms with van der Waals surface area (Å²) in [4.78, 5) is 12.3. The van der Waals surface area contributed by atoms with E-state index in [-0.39, 0.29) is 18.3 Å². The summed E-state index contributed by atoms with van der Waals surface area (Å²) in [5.41, 5.74) is 5.03. The second kappa shape index (κ2) is 12.5. The fraction of sp³-hybridized carbons (Fsp3) is 0.0833. The number of halogens is 3. The van der Waals surface area contributed by atoms with Crippen LogP contribution in [0.15, 0.2) is 80.6 Å². The summed E-state index contributed by atoms with van der Waals surface area (Å²) in [6.07, 6.45) is 1.53. The van der Waals surface area contributed by atoms with Crippen molar-refractivity contribution in [2.45, 2.75) is 10.9 Å². The minimum atomic E-state index is -0.256. The summed E-state index contributed by atoms with van der Waals surface area (Å²) in [5.74, 6) is 0.500. The Balaban J connectivity index is 1.32. The predicted octanol–water partition coefficient (Wildman–Crippen LogP) is 7.10. The molecule has 0 saturated heterocycles. The summed E-state index contributed by atoms with van der Waals surface area (Å²) in [6, 6.07) is 20.5. The Kier molecular flexibility index (Phi) is 9.17. The molecular weight excluding hydrogens is 591 g/mol. The number of nitrogens with one attached hydrogen (secondary N) is 1. The molecule has 1 amide bonds. The van der Waals surface area contributed by atoms with Crippen molar-refractivity contribution >= 4 is 74.4 Å². The molecule has 6 nitrogen and oxygen atoms in total. The molecule has 0 fully saturated rings. The smallest absolute Gasteiger partial charge is 0.250 e. The molecule has 0 aliphatic carbocycles. The lowest BCUT2D eigenvalue weighted by Crippen LogP contribution is -2.19. The molecule has 11 heteroatoms.